The molecule has 1 aromatic carbocycles. The zero-order valence-corrected chi connectivity index (χ0v) is 13.5. The first-order valence-electron chi connectivity index (χ1n) is 6.70. The van der Waals surface area contributed by atoms with E-state index in [0.717, 1.165) is 17.0 Å². The summed E-state index contributed by atoms with van der Waals surface area (Å²) in [4.78, 5) is 2.47. The Morgan fingerprint density at radius 1 is 1.29 bits per heavy atom. The van der Waals surface area contributed by atoms with Crippen LogP contribution in [0.2, 0.25) is 0 Å². The average molecular weight is 308 g/mol. The molecule has 1 aromatic heterocycles. The molecule has 6 heteroatoms. The lowest BCUT2D eigenvalue weighted by Gasteiger charge is -2.24. The van der Waals surface area contributed by atoms with Crippen molar-refractivity contribution in [3.8, 4) is 0 Å². The lowest BCUT2D eigenvalue weighted by atomic mass is 10.1. The molecule has 0 unspecified atom stereocenters. The van der Waals surface area contributed by atoms with Gasteiger partial charge in [-0.1, -0.05) is 17.3 Å². The number of aryl methyl sites for hydroxylation is 1. The Kier molecular flexibility index (Phi) is 4.49. The van der Waals surface area contributed by atoms with Crippen LogP contribution in [0.15, 0.2) is 39.8 Å². The van der Waals surface area contributed by atoms with Gasteiger partial charge in [0, 0.05) is 24.9 Å². The van der Waals surface area contributed by atoms with Gasteiger partial charge >= 0.3 is 0 Å². The number of hydrogen-bond donors (Lipinski definition) is 0. The van der Waals surface area contributed by atoms with Gasteiger partial charge in [-0.05, 0) is 38.6 Å². The monoisotopic (exact) mass is 308 g/mol. The number of sulfone groups is 1. The van der Waals surface area contributed by atoms with Crippen molar-refractivity contribution in [1.82, 2.24) is 10.1 Å². The molecule has 0 radical (unpaired) electrons. The lowest BCUT2D eigenvalue weighted by molar-refractivity contribution is 0.244. The van der Waals surface area contributed by atoms with E-state index in [1.807, 2.05) is 32.2 Å². The fraction of sp³-hybridized carbons (Fsp3) is 0.400. The summed E-state index contributed by atoms with van der Waals surface area (Å²) in [5, 5.41) is 3.98. The minimum absolute atomic E-state index is 0.149. The quantitative estimate of drug-likeness (QED) is 0.849. The molecule has 21 heavy (non-hydrogen) atoms. The van der Waals surface area contributed by atoms with Crippen molar-refractivity contribution in [2.75, 3.05) is 13.3 Å². The topological polar surface area (TPSA) is 63.4 Å². The first-order valence-corrected chi connectivity index (χ1v) is 8.59. The number of nitrogens with zero attached hydrogens (tertiary/aromatic N) is 2. The van der Waals surface area contributed by atoms with E-state index in [4.69, 9.17) is 4.52 Å². The Morgan fingerprint density at radius 2 is 1.90 bits per heavy atom. The van der Waals surface area contributed by atoms with Crippen LogP contribution < -0.4 is 0 Å². The van der Waals surface area contributed by atoms with E-state index >= 15 is 0 Å². The fourth-order valence-electron chi connectivity index (χ4n) is 2.13. The van der Waals surface area contributed by atoms with Crippen LogP contribution in [0.1, 0.15) is 30.0 Å². The fourth-order valence-corrected chi connectivity index (χ4v) is 2.76. The molecule has 2 rings (SSSR count). The number of rotatable bonds is 5. The van der Waals surface area contributed by atoms with Crippen molar-refractivity contribution in [3.63, 3.8) is 0 Å². The van der Waals surface area contributed by atoms with Crippen LogP contribution in [-0.2, 0) is 16.4 Å². The Hall–Kier alpha value is -1.66. The third kappa shape index (κ3) is 3.92. The molecule has 0 saturated heterocycles. The molecule has 0 amide bonds. The van der Waals surface area contributed by atoms with Crippen molar-refractivity contribution in [2.24, 2.45) is 0 Å². The smallest absolute Gasteiger partial charge is 0.175 e. The second-order valence-corrected chi connectivity index (χ2v) is 7.38. The van der Waals surface area contributed by atoms with Crippen molar-refractivity contribution in [3.05, 3.63) is 47.3 Å². The summed E-state index contributed by atoms with van der Waals surface area (Å²) in [7, 11) is -1.15. The highest BCUT2D eigenvalue weighted by Crippen LogP contribution is 2.22. The minimum Gasteiger partial charge on any atom is -0.361 e. The van der Waals surface area contributed by atoms with Gasteiger partial charge in [0.2, 0.25) is 0 Å². The van der Waals surface area contributed by atoms with Gasteiger partial charge in [-0.15, -0.1) is 0 Å². The maximum atomic E-state index is 11.5. The molecule has 2 aromatic rings. The highest BCUT2D eigenvalue weighted by molar-refractivity contribution is 7.90. The Bertz CT molecular complexity index is 705. The summed E-state index contributed by atoms with van der Waals surface area (Å²) in [5.74, 6) is 0.795. The first-order chi connectivity index (χ1) is 9.77. The molecular formula is C15H20N2O3S. The number of aromatic nitrogens is 1. The zero-order valence-electron chi connectivity index (χ0n) is 12.7. The van der Waals surface area contributed by atoms with Gasteiger partial charge in [-0.2, -0.15) is 0 Å². The second-order valence-electron chi connectivity index (χ2n) is 5.36. The summed E-state index contributed by atoms with van der Waals surface area (Å²) in [5.41, 5.74) is 1.94. The summed E-state index contributed by atoms with van der Waals surface area (Å²) < 4.78 is 28.0. The molecule has 0 fully saturated rings. The molecule has 0 aliphatic carbocycles. The van der Waals surface area contributed by atoms with Crippen LogP contribution >= 0.6 is 0 Å². The van der Waals surface area contributed by atoms with Gasteiger partial charge in [-0.3, -0.25) is 4.90 Å². The normalized spacial score (nSPS) is 13.6. The highest BCUT2D eigenvalue weighted by Gasteiger charge is 2.15. The van der Waals surface area contributed by atoms with Crippen molar-refractivity contribution in [2.45, 2.75) is 31.3 Å². The standard InChI is InChI=1S/C15H20N2O3S/c1-11-9-14(16-20-11)10-17(3)12(2)13-5-7-15(8-6-13)21(4,18)19/h5-9,12H,10H2,1-4H3/t12-/m0/s1. The SMILES string of the molecule is Cc1cc(CN(C)[C@@H](C)c2ccc(S(C)(=O)=O)cc2)no1. The van der Waals surface area contributed by atoms with Crippen molar-refractivity contribution in [1.29, 1.82) is 0 Å². The molecular weight excluding hydrogens is 288 g/mol. The van der Waals surface area contributed by atoms with E-state index in [0.29, 0.717) is 11.4 Å². The van der Waals surface area contributed by atoms with Crippen LogP contribution in [0.4, 0.5) is 0 Å². The zero-order chi connectivity index (χ0) is 15.6. The van der Waals surface area contributed by atoms with E-state index in [1.165, 1.54) is 6.26 Å². The van der Waals surface area contributed by atoms with Crippen LogP contribution in [-0.4, -0.2) is 31.8 Å². The third-order valence-electron chi connectivity index (χ3n) is 3.54. The number of benzene rings is 1. The molecule has 114 valence electrons. The molecule has 0 aliphatic heterocycles. The van der Waals surface area contributed by atoms with Crippen molar-refractivity contribution >= 4 is 9.84 Å². The molecule has 1 atom stereocenters. The van der Waals surface area contributed by atoms with E-state index in [-0.39, 0.29) is 6.04 Å². The molecule has 0 saturated carbocycles. The van der Waals surface area contributed by atoms with E-state index in [2.05, 4.69) is 17.0 Å². The van der Waals surface area contributed by atoms with Gasteiger partial charge in [0.1, 0.15) is 5.76 Å². The van der Waals surface area contributed by atoms with E-state index in [1.54, 1.807) is 12.1 Å². The van der Waals surface area contributed by atoms with Gasteiger partial charge in [0.05, 0.1) is 10.6 Å². The molecule has 0 N–H and O–H groups in total. The van der Waals surface area contributed by atoms with Gasteiger partial charge in [0.25, 0.3) is 0 Å². The predicted molar refractivity (Wildman–Crippen MR) is 80.7 cm³/mol. The van der Waals surface area contributed by atoms with Gasteiger partial charge < -0.3 is 4.52 Å². The Balaban J connectivity index is 2.10. The molecule has 0 aliphatic rings. The van der Waals surface area contributed by atoms with Crippen LogP contribution in [0.3, 0.4) is 0 Å². The predicted octanol–water partition coefficient (Wildman–Crippen LogP) is 2.58. The molecule has 1 heterocycles. The Morgan fingerprint density at radius 3 is 2.38 bits per heavy atom. The van der Waals surface area contributed by atoms with E-state index in [9.17, 15) is 8.42 Å². The summed E-state index contributed by atoms with van der Waals surface area (Å²) in [6, 6.07) is 9.06. The van der Waals surface area contributed by atoms with Crippen LogP contribution in [0.25, 0.3) is 0 Å². The van der Waals surface area contributed by atoms with Crippen LogP contribution in [0.5, 0.6) is 0 Å². The van der Waals surface area contributed by atoms with Gasteiger partial charge in [0.15, 0.2) is 9.84 Å². The highest BCUT2D eigenvalue weighted by atomic mass is 32.2. The third-order valence-corrected chi connectivity index (χ3v) is 4.67. The largest absolute Gasteiger partial charge is 0.361 e. The lowest BCUT2D eigenvalue weighted by Crippen LogP contribution is -2.22. The molecule has 5 nitrogen and oxygen atoms in total. The second kappa shape index (κ2) is 5.99. The Labute approximate surface area is 125 Å². The number of hydrogen-bond acceptors (Lipinski definition) is 5. The molecule has 0 spiro atoms. The van der Waals surface area contributed by atoms with Crippen molar-refractivity contribution < 1.29 is 12.9 Å². The van der Waals surface area contributed by atoms with Crippen LogP contribution in [0, 0.1) is 6.92 Å². The summed E-state index contributed by atoms with van der Waals surface area (Å²) in [6.07, 6.45) is 1.21. The van der Waals surface area contributed by atoms with E-state index < -0.39 is 9.84 Å². The summed E-state index contributed by atoms with van der Waals surface area (Å²) >= 11 is 0. The summed E-state index contributed by atoms with van der Waals surface area (Å²) in [6.45, 7) is 4.61. The molecule has 0 bridgehead atoms. The first kappa shape index (κ1) is 15.7. The van der Waals surface area contributed by atoms with Gasteiger partial charge in [-0.25, -0.2) is 8.42 Å². The average Bonchev–Trinajstić information content (AvgIpc) is 2.82. The minimum atomic E-state index is -3.15. The maximum absolute atomic E-state index is 11.5. The maximum Gasteiger partial charge on any atom is 0.175 e.